The maximum absolute atomic E-state index is 12.5. The lowest BCUT2D eigenvalue weighted by molar-refractivity contribution is 0.128. The summed E-state index contributed by atoms with van der Waals surface area (Å²) in [7, 11) is 0. The summed E-state index contributed by atoms with van der Waals surface area (Å²) in [4.78, 5) is 15.0. The van der Waals surface area contributed by atoms with Crippen LogP contribution in [0.5, 0.6) is 0 Å². The number of aromatic nitrogens is 2. The number of nitrogens with one attached hydrogen (secondary N) is 2. The molecule has 2 heterocycles. The summed E-state index contributed by atoms with van der Waals surface area (Å²) in [6.45, 7) is 2.34. The van der Waals surface area contributed by atoms with Crippen LogP contribution in [0.1, 0.15) is 44.1 Å². The number of piperidine rings is 1. The monoisotopic (exact) mass is 473 g/mol. The van der Waals surface area contributed by atoms with Crippen molar-refractivity contribution in [2.24, 2.45) is 0 Å². The van der Waals surface area contributed by atoms with Gasteiger partial charge in [0.15, 0.2) is 0 Å². The maximum Gasteiger partial charge on any atom is 0.407 e. The first-order chi connectivity index (χ1) is 17.2. The van der Waals surface area contributed by atoms with Crippen LogP contribution in [-0.4, -0.2) is 47.1 Å². The van der Waals surface area contributed by atoms with Crippen molar-refractivity contribution in [3.05, 3.63) is 78.6 Å². The molecular weight excluding hydrogens is 438 g/mol. The van der Waals surface area contributed by atoms with Gasteiger partial charge >= 0.3 is 6.09 Å². The van der Waals surface area contributed by atoms with E-state index in [9.17, 15) is 4.79 Å². The molecule has 7 nitrogen and oxygen atoms in total. The van der Waals surface area contributed by atoms with Gasteiger partial charge in [0, 0.05) is 49.3 Å². The Morgan fingerprint density at radius 3 is 2.46 bits per heavy atom. The van der Waals surface area contributed by atoms with Gasteiger partial charge in [-0.25, -0.2) is 9.48 Å². The Balaban J connectivity index is 1.14. The minimum absolute atomic E-state index is 0.107. The van der Waals surface area contributed by atoms with E-state index in [1.807, 2.05) is 47.3 Å². The van der Waals surface area contributed by atoms with Crippen molar-refractivity contribution in [2.75, 3.05) is 18.0 Å². The molecule has 0 unspecified atom stereocenters. The van der Waals surface area contributed by atoms with Gasteiger partial charge in [0.05, 0.1) is 5.69 Å². The molecule has 1 saturated heterocycles. The molecule has 7 heteroatoms. The van der Waals surface area contributed by atoms with Crippen LogP contribution in [0.3, 0.4) is 0 Å². The van der Waals surface area contributed by atoms with Crippen molar-refractivity contribution in [3.8, 4) is 5.69 Å². The predicted molar refractivity (Wildman–Crippen MR) is 138 cm³/mol. The molecule has 184 valence electrons. The smallest absolute Gasteiger partial charge is 0.407 e. The normalized spacial score (nSPS) is 22.5. The third-order valence-corrected chi connectivity index (χ3v) is 7.14. The first kappa shape index (κ1) is 23.4. The molecule has 1 aliphatic heterocycles. The van der Waals surface area contributed by atoms with Crippen LogP contribution in [-0.2, 0) is 11.3 Å². The second-order valence-corrected chi connectivity index (χ2v) is 9.62. The average molecular weight is 474 g/mol. The molecule has 35 heavy (non-hydrogen) atoms. The van der Waals surface area contributed by atoms with E-state index in [2.05, 4.69) is 44.9 Å². The van der Waals surface area contributed by atoms with E-state index < -0.39 is 0 Å². The molecular formula is C28H35N5O2. The van der Waals surface area contributed by atoms with Crippen LogP contribution < -0.4 is 15.5 Å². The van der Waals surface area contributed by atoms with Crippen molar-refractivity contribution in [1.29, 1.82) is 0 Å². The third-order valence-electron chi connectivity index (χ3n) is 7.14. The maximum atomic E-state index is 12.5. The van der Waals surface area contributed by atoms with Gasteiger partial charge < -0.3 is 20.3 Å². The van der Waals surface area contributed by atoms with Crippen LogP contribution in [0.2, 0.25) is 0 Å². The van der Waals surface area contributed by atoms with Crippen LogP contribution in [0, 0.1) is 0 Å². The Hall–Kier alpha value is -3.32. The van der Waals surface area contributed by atoms with Gasteiger partial charge in [-0.1, -0.05) is 43.2 Å². The summed E-state index contributed by atoms with van der Waals surface area (Å²) in [5.41, 5.74) is 3.32. The van der Waals surface area contributed by atoms with Gasteiger partial charge in [0.25, 0.3) is 0 Å². The summed E-state index contributed by atoms with van der Waals surface area (Å²) >= 11 is 0. The Bertz CT molecular complexity index is 1050. The molecule has 2 fully saturated rings. The predicted octanol–water partition coefficient (Wildman–Crippen LogP) is 4.67. The van der Waals surface area contributed by atoms with E-state index in [1.165, 1.54) is 12.1 Å². The second-order valence-electron chi connectivity index (χ2n) is 9.62. The van der Waals surface area contributed by atoms with E-state index in [4.69, 9.17) is 4.74 Å². The molecule has 2 aromatic carbocycles. The minimum atomic E-state index is -0.324. The van der Waals surface area contributed by atoms with Gasteiger partial charge in [-0.2, -0.15) is 5.10 Å². The fourth-order valence-corrected chi connectivity index (χ4v) is 5.31. The first-order valence-electron chi connectivity index (χ1n) is 12.8. The van der Waals surface area contributed by atoms with Gasteiger partial charge in [-0.05, 0) is 61.6 Å². The summed E-state index contributed by atoms with van der Waals surface area (Å²) in [6.07, 6.45) is 10.2. The zero-order valence-corrected chi connectivity index (χ0v) is 20.2. The van der Waals surface area contributed by atoms with E-state index >= 15 is 0 Å². The number of rotatable bonds is 7. The molecule has 0 radical (unpaired) electrons. The Morgan fingerprint density at radius 1 is 0.914 bits per heavy atom. The molecule has 0 bridgehead atoms. The lowest BCUT2D eigenvalue weighted by atomic mass is 9.89. The highest BCUT2D eigenvalue weighted by Crippen LogP contribution is 2.24. The quantitative estimate of drug-likeness (QED) is 0.522. The summed E-state index contributed by atoms with van der Waals surface area (Å²) < 4.78 is 7.37. The van der Waals surface area contributed by atoms with Crippen molar-refractivity contribution in [3.63, 3.8) is 0 Å². The van der Waals surface area contributed by atoms with Gasteiger partial charge in [-0.15, -0.1) is 0 Å². The molecule has 1 saturated carbocycles. The lowest BCUT2D eigenvalue weighted by Crippen LogP contribution is -2.57. The molecule has 0 spiro atoms. The molecule has 2 N–H and O–H groups in total. The van der Waals surface area contributed by atoms with Crippen molar-refractivity contribution >= 4 is 11.8 Å². The van der Waals surface area contributed by atoms with Crippen LogP contribution in [0.15, 0.2) is 73.1 Å². The Morgan fingerprint density at radius 2 is 1.69 bits per heavy atom. The second kappa shape index (κ2) is 11.4. The highest BCUT2D eigenvalue weighted by Gasteiger charge is 2.30. The van der Waals surface area contributed by atoms with Gasteiger partial charge in [-0.3, -0.25) is 0 Å². The number of benzene rings is 2. The number of carbonyl (C=O) groups is 1. The number of nitrogens with zero attached hydrogens (tertiary/aromatic N) is 3. The van der Waals surface area contributed by atoms with E-state index in [0.29, 0.717) is 12.6 Å². The number of hydrogen-bond donors (Lipinski definition) is 2. The topological polar surface area (TPSA) is 71.4 Å². The van der Waals surface area contributed by atoms with Crippen LogP contribution in [0.4, 0.5) is 10.5 Å². The summed E-state index contributed by atoms with van der Waals surface area (Å²) in [6, 6.07) is 21.2. The minimum Gasteiger partial charge on any atom is -0.445 e. The lowest BCUT2D eigenvalue weighted by Gasteiger charge is -2.40. The zero-order chi connectivity index (χ0) is 23.9. The first-order valence-corrected chi connectivity index (χ1v) is 12.8. The van der Waals surface area contributed by atoms with Crippen molar-refractivity contribution in [1.82, 2.24) is 20.4 Å². The molecule has 1 amide bonds. The highest BCUT2D eigenvalue weighted by atomic mass is 16.5. The molecule has 2 aliphatic rings. The third kappa shape index (κ3) is 6.22. The standard InChI is InChI=1S/C28H35N5O2/c34-28(35-21-22-8-2-1-3-9-22)31-27-12-5-4-11-26(27)30-23-10-6-18-32(20-23)24-13-15-25(16-14-24)33-19-7-17-29-33/h1-3,7-9,13-17,19,23,26-27,30H,4-6,10-12,18,20-21H2,(H,31,34)/t23-,26+,27+/m0/s1. The van der Waals surface area contributed by atoms with Gasteiger partial charge in [0.2, 0.25) is 0 Å². The number of amides is 1. The molecule has 3 aromatic rings. The van der Waals surface area contributed by atoms with E-state index in [-0.39, 0.29) is 18.2 Å². The van der Waals surface area contributed by atoms with Crippen molar-refractivity contribution in [2.45, 2.75) is 63.3 Å². The number of hydrogen-bond acceptors (Lipinski definition) is 5. The fourth-order valence-electron chi connectivity index (χ4n) is 5.31. The zero-order valence-electron chi connectivity index (χ0n) is 20.2. The number of ether oxygens (including phenoxy) is 1. The number of carbonyl (C=O) groups excluding carboxylic acids is 1. The SMILES string of the molecule is O=C(N[C@@H]1CCCC[C@H]1N[C@H]1CCCN(c2ccc(-n3cccn3)cc2)C1)OCc1ccccc1. The molecule has 1 aliphatic carbocycles. The van der Waals surface area contributed by atoms with E-state index in [0.717, 1.165) is 56.4 Å². The number of anilines is 1. The highest BCUT2D eigenvalue weighted by molar-refractivity contribution is 5.67. The van der Waals surface area contributed by atoms with Crippen molar-refractivity contribution < 1.29 is 9.53 Å². The average Bonchev–Trinajstić information content (AvgIpc) is 3.45. The Kier molecular flexibility index (Phi) is 7.63. The fraction of sp³-hybridized carbons (Fsp3) is 0.429. The Labute approximate surface area is 207 Å². The molecule has 3 atom stereocenters. The number of alkyl carbamates (subject to hydrolysis) is 1. The summed E-state index contributed by atoms with van der Waals surface area (Å²) in [5.74, 6) is 0. The van der Waals surface area contributed by atoms with Crippen LogP contribution >= 0.6 is 0 Å². The van der Waals surface area contributed by atoms with E-state index in [1.54, 1.807) is 6.20 Å². The van der Waals surface area contributed by atoms with Gasteiger partial charge in [0.1, 0.15) is 6.61 Å². The largest absolute Gasteiger partial charge is 0.445 e. The molecule has 1 aromatic heterocycles. The van der Waals surface area contributed by atoms with Crippen LogP contribution in [0.25, 0.3) is 5.69 Å². The summed E-state index contributed by atoms with van der Waals surface area (Å²) in [5, 5.41) is 11.4. The molecule has 5 rings (SSSR count).